The van der Waals surface area contributed by atoms with Crippen LogP contribution in [0.15, 0.2) is 61.4 Å². The molecule has 1 aliphatic heterocycles. The number of aliphatic hydroxyl groups is 1. The molecule has 1 saturated heterocycles. The summed E-state index contributed by atoms with van der Waals surface area (Å²) in [4.78, 5) is 35.2. The molecule has 5 aromatic heterocycles. The first kappa shape index (κ1) is 24.7. The molecule has 0 radical (unpaired) electrons. The molecular formula is C28H29N9O2. The second-order valence-corrected chi connectivity index (χ2v) is 10.00. The average molecular weight is 524 g/mol. The molecule has 6 rings (SSSR count). The van der Waals surface area contributed by atoms with E-state index < -0.39 is 5.60 Å². The molecule has 6 heterocycles. The molecule has 0 bridgehead atoms. The smallest absolute Gasteiger partial charge is 0.244 e. The zero-order chi connectivity index (χ0) is 27.0. The Morgan fingerprint density at radius 3 is 2.69 bits per heavy atom. The van der Waals surface area contributed by atoms with Crippen LogP contribution in [0.25, 0.3) is 33.4 Å². The molecule has 198 valence electrons. The number of hydrogen-bond donors (Lipinski definition) is 3. The van der Waals surface area contributed by atoms with Gasteiger partial charge in [0.25, 0.3) is 0 Å². The second kappa shape index (κ2) is 9.91. The van der Waals surface area contributed by atoms with Gasteiger partial charge in [0, 0.05) is 66.2 Å². The maximum absolute atomic E-state index is 12.7. The average Bonchev–Trinajstić information content (AvgIpc) is 3.60. The molecular weight excluding hydrogens is 494 g/mol. The van der Waals surface area contributed by atoms with Crippen LogP contribution < -0.4 is 5.73 Å². The van der Waals surface area contributed by atoms with Crippen LogP contribution in [-0.2, 0) is 16.9 Å². The highest BCUT2D eigenvalue weighted by molar-refractivity contribution is 5.95. The molecule has 1 amide bonds. The Balaban J connectivity index is 1.31. The molecule has 4 N–H and O–H groups in total. The standard InChI is InChI=1S/C28H29N9O2/c1-28(39,20-5-7-30-8-6-20)24-12-23(34-27(29)35-24)22-15-32-26-21(22)11-18(13-31-26)19-14-33-37(16-19)17-25(38)36-9-3-2-4-10-36/h5-8,11-16,39H,2-4,9-10,17H2,1H3,(H,31,32)(H2,29,34,35). The monoisotopic (exact) mass is 523 g/mol. The van der Waals surface area contributed by atoms with Crippen molar-refractivity contribution in [3.8, 4) is 22.4 Å². The quantitative estimate of drug-likeness (QED) is 0.307. The summed E-state index contributed by atoms with van der Waals surface area (Å²) < 4.78 is 1.67. The van der Waals surface area contributed by atoms with Crippen LogP contribution in [0.3, 0.4) is 0 Å². The van der Waals surface area contributed by atoms with Crippen LogP contribution in [0.2, 0.25) is 0 Å². The summed E-state index contributed by atoms with van der Waals surface area (Å²) in [5, 5.41) is 16.6. The highest BCUT2D eigenvalue weighted by Crippen LogP contribution is 2.34. The lowest BCUT2D eigenvalue weighted by molar-refractivity contribution is -0.132. The molecule has 0 saturated carbocycles. The van der Waals surface area contributed by atoms with Crippen molar-refractivity contribution in [1.82, 2.24) is 39.6 Å². The van der Waals surface area contributed by atoms with Crippen LogP contribution in [0.4, 0.5) is 5.95 Å². The largest absolute Gasteiger partial charge is 0.379 e. The van der Waals surface area contributed by atoms with E-state index in [0.717, 1.165) is 48.0 Å². The third-order valence-corrected chi connectivity index (χ3v) is 7.26. The highest BCUT2D eigenvalue weighted by Gasteiger charge is 2.29. The first-order valence-electron chi connectivity index (χ1n) is 12.9. The fourth-order valence-corrected chi connectivity index (χ4v) is 5.03. The molecule has 1 atom stereocenters. The molecule has 11 nitrogen and oxygen atoms in total. The number of nitrogens with zero attached hydrogens (tertiary/aromatic N) is 7. The zero-order valence-corrected chi connectivity index (χ0v) is 21.6. The van der Waals surface area contributed by atoms with Crippen molar-refractivity contribution in [2.24, 2.45) is 0 Å². The Hall–Kier alpha value is -4.64. The predicted molar refractivity (Wildman–Crippen MR) is 146 cm³/mol. The van der Waals surface area contributed by atoms with Gasteiger partial charge in [-0.2, -0.15) is 5.10 Å². The van der Waals surface area contributed by atoms with E-state index in [1.54, 1.807) is 54.6 Å². The molecule has 0 spiro atoms. The van der Waals surface area contributed by atoms with Crippen LogP contribution in [0.1, 0.15) is 37.4 Å². The number of pyridine rings is 2. The van der Waals surface area contributed by atoms with Crippen LogP contribution in [0, 0.1) is 0 Å². The van der Waals surface area contributed by atoms with Crippen molar-refractivity contribution in [3.05, 3.63) is 72.7 Å². The third-order valence-electron chi connectivity index (χ3n) is 7.26. The predicted octanol–water partition coefficient (Wildman–Crippen LogP) is 3.13. The molecule has 1 aliphatic rings. The maximum Gasteiger partial charge on any atom is 0.244 e. The lowest BCUT2D eigenvalue weighted by atomic mass is 9.92. The Morgan fingerprint density at radius 2 is 1.90 bits per heavy atom. The van der Waals surface area contributed by atoms with E-state index in [0.29, 0.717) is 22.6 Å². The lowest BCUT2D eigenvalue weighted by Crippen LogP contribution is -2.37. The molecule has 0 aromatic carbocycles. The minimum atomic E-state index is -1.40. The van der Waals surface area contributed by atoms with Gasteiger partial charge in [-0.15, -0.1) is 0 Å². The normalized spacial score (nSPS) is 15.4. The highest BCUT2D eigenvalue weighted by atomic mass is 16.3. The summed E-state index contributed by atoms with van der Waals surface area (Å²) in [5.74, 6) is 0.139. The number of carbonyl (C=O) groups excluding carboxylic acids is 1. The Labute approximate surface area is 224 Å². The van der Waals surface area contributed by atoms with Gasteiger partial charge in [0.15, 0.2) is 0 Å². The van der Waals surface area contributed by atoms with Gasteiger partial charge in [-0.3, -0.25) is 14.5 Å². The van der Waals surface area contributed by atoms with Crippen molar-refractivity contribution >= 4 is 22.9 Å². The third kappa shape index (κ3) is 4.84. The number of anilines is 1. The lowest BCUT2D eigenvalue weighted by Gasteiger charge is -2.26. The SMILES string of the molecule is CC(O)(c1ccncc1)c1cc(-c2c[nH]c3ncc(-c4cnn(CC(=O)N5CCCCC5)c4)cc23)nc(N)n1. The van der Waals surface area contributed by atoms with E-state index in [1.807, 2.05) is 23.4 Å². The fourth-order valence-electron chi connectivity index (χ4n) is 5.03. The van der Waals surface area contributed by atoms with Gasteiger partial charge in [0.2, 0.25) is 11.9 Å². The Kier molecular flexibility index (Phi) is 6.27. The molecule has 1 unspecified atom stereocenters. The number of likely N-dealkylation sites (tertiary alicyclic amines) is 1. The number of rotatable bonds is 6. The topological polar surface area (TPSA) is 152 Å². The van der Waals surface area contributed by atoms with Crippen molar-refractivity contribution in [2.45, 2.75) is 38.3 Å². The van der Waals surface area contributed by atoms with E-state index in [4.69, 9.17) is 5.73 Å². The first-order valence-corrected chi connectivity index (χ1v) is 12.9. The van der Waals surface area contributed by atoms with E-state index in [9.17, 15) is 9.90 Å². The number of nitrogen functional groups attached to an aromatic ring is 1. The summed E-state index contributed by atoms with van der Waals surface area (Å²) in [6.45, 7) is 3.51. The van der Waals surface area contributed by atoms with Gasteiger partial charge in [-0.25, -0.2) is 15.0 Å². The molecule has 11 heteroatoms. The van der Waals surface area contributed by atoms with Gasteiger partial charge in [0.05, 0.1) is 17.6 Å². The number of carbonyl (C=O) groups is 1. The van der Waals surface area contributed by atoms with Crippen LogP contribution in [0.5, 0.6) is 0 Å². The van der Waals surface area contributed by atoms with Gasteiger partial charge in [-0.1, -0.05) is 0 Å². The maximum atomic E-state index is 12.7. The number of nitrogens with two attached hydrogens (primary N) is 1. The summed E-state index contributed by atoms with van der Waals surface area (Å²) in [6, 6.07) is 7.21. The number of aromatic nitrogens is 7. The van der Waals surface area contributed by atoms with E-state index in [-0.39, 0.29) is 18.4 Å². The molecule has 5 aromatic rings. The number of hydrogen-bond acceptors (Lipinski definition) is 8. The molecule has 39 heavy (non-hydrogen) atoms. The van der Waals surface area contributed by atoms with Crippen LogP contribution in [-0.4, -0.2) is 63.7 Å². The summed E-state index contributed by atoms with van der Waals surface area (Å²) in [7, 11) is 0. The number of nitrogens with one attached hydrogen (secondary N) is 1. The number of aromatic amines is 1. The first-order chi connectivity index (χ1) is 18.9. The minimum absolute atomic E-state index is 0.0509. The Bertz CT molecular complexity index is 1640. The van der Waals surface area contributed by atoms with Gasteiger partial charge in [0.1, 0.15) is 17.8 Å². The van der Waals surface area contributed by atoms with Crippen molar-refractivity contribution < 1.29 is 9.90 Å². The summed E-state index contributed by atoms with van der Waals surface area (Å²) in [5.41, 5.74) is 9.41. The van der Waals surface area contributed by atoms with Crippen molar-refractivity contribution in [2.75, 3.05) is 18.8 Å². The number of H-pyrrole nitrogens is 1. The summed E-state index contributed by atoms with van der Waals surface area (Å²) >= 11 is 0. The van der Waals surface area contributed by atoms with E-state index >= 15 is 0 Å². The molecule has 0 aliphatic carbocycles. The van der Waals surface area contributed by atoms with Crippen molar-refractivity contribution in [1.29, 1.82) is 0 Å². The van der Waals surface area contributed by atoms with E-state index in [2.05, 4.69) is 30.0 Å². The van der Waals surface area contributed by atoms with Gasteiger partial charge < -0.3 is 20.7 Å². The number of piperidine rings is 1. The zero-order valence-electron chi connectivity index (χ0n) is 21.6. The van der Waals surface area contributed by atoms with Crippen molar-refractivity contribution in [3.63, 3.8) is 0 Å². The molecule has 1 fully saturated rings. The van der Waals surface area contributed by atoms with E-state index in [1.165, 1.54) is 6.42 Å². The number of fused-ring (bicyclic) bond motifs is 1. The van der Waals surface area contributed by atoms with Gasteiger partial charge >= 0.3 is 0 Å². The van der Waals surface area contributed by atoms with Gasteiger partial charge in [-0.05, 0) is 56.0 Å². The fraction of sp³-hybridized carbons (Fsp3) is 0.286. The Morgan fingerprint density at radius 1 is 1.10 bits per heavy atom. The summed E-state index contributed by atoms with van der Waals surface area (Å²) in [6.07, 6.45) is 13.7. The number of amides is 1. The minimum Gasteiger partial charge on any atom is -0.379 e. The van der Waals surface area contributed by atoms with Crippen LogP contribution >= 0.6 is 0 Å². The second-order valence-electron chi connectivity index (χ2n) is 10.00.